The molecular formula is C26H26BrClN4O. The second-order valence-electron chi connectivity index (χ2n) is 8.25. The summed E-state index contributed by atoms with van der Waals surface area (Å²) >= 11 is 9.72. The first kappa shape index (κ1) is 23.5. The minimum atomic E-state index is -0.164. The molecule has 0 radical (unpaired) electrons. The summed E-state index contributed by atoms with van der Waals surface area (Å²) in [6, 6.07) is 13.5. The van der Waals surface area contributed by atoms with E-state index in [9.17, 15) is 4.79 Å². The molecule has 0 saturated heterocycles. The number of aromatic nitrogens is 3. The van der Waals surface area contributed by atoms with Crippen molar-refractivity contribution in [1.82, 2.24) is 14.2 Å². The molecule has 0 fully saturated rings. The van der Waals surface area contributed by atoms with Crippen LogP contribution in [0.3, 0.4) is 0 Å². The molecule has 0 aliphatic carbocycles. The van der Waals surface area contributed by atoms with E-state index >= 15 is 0 Å². The van der Waals surface area contributed by atoms with Crippen molar-refractivity contribution in [2.24, 2.45) is 5.10 Å². The van der Waals surface area contributed by atoms with Crippen molar-refractivity contribution in [1.29, 1.82) is 0 Å². The Morgan fingerprint density at radius 2 is 1.91 bits per heavy atom. The zero-order valence-electron chi connectivity index (χ0n) is 19.2. The number of fused-ring (bicyclic) bond motifs is 1. The Hall–Kier alpha value is -2.70. The molecule has 0 bridgehead atoms. The van der Waals surface area contributed by atoms with E-state index in [0.29, 0.717) is 28.2 Å². The monoisotopic (exact) mass is 524 g/mol. The molecule has 0 N–H and O–H groups in total. The van der Waals surface area contributed by atoms with E-state index in [4.69, 9.17) is 16.6 Å². The minimum absolute atomic E-state index is 0.164. The Labute approximate surface area is 206 Å². The summed E-state index contributed by atoms with van der Waals surface area (Å²) in [5.41, 5.74) is 5.73. The molecule has 4 aromatic rings. The van der Waals surface area contributed by atoms with Gasteiger partial charge in [-0.1, -0.05) is 46.9 Å². The highest BCUT2D eigenvalue weighted by molar-refractivity contribution is 9.10. The summed E-state index contributed by atoms with van der Waals surface area (Å²) in [6.45, 7) is 8.29. The van der Waals surface area contributed by atoms with Crippen LogP contribution in [0, 0.1) is 20.8 Å². The lowest BCUT2D eigenvalue weighted by molar-refractivity contribution is 0.675. The molecular weight excluding hydrogens is 500 g/mol. The lowest BCUT2D eigenvalue weighted by Gasteiger charge is -2.13. The molecule has 5 nitrogen and oxygen atoms in total. The Morgan fingerprint density at radius 3 is 2.67 bits per heavy atom. The van der Waals surface area contributed by atoms with Crippen LogP contribution in [-0.4, -0.2) is 20.4 Å². The number of aryl methyl sites for hydroxylation is 3. The average Bonchev–Trinajstić information content (AvgIpc) is 3.07. The number of hydrogen-bond donors (Lipinski definition) is 0. The molecule has 0 unspecified atom stereocenters. The quantitative estimate of drug-likeness (QED) is 0.261. The summed E-state index contributed by atoms with van der Waals surface area (Å²) in [5.74, 6) is 0.674. The molecule has 4 rings (SSSR count). The maximum Gasteiger partial charge on any atom is 0.282 e. The fraction of sp³-hybridized carbons (Fsp3) is 0.269. The Bertz CT molecular complexity index is 1430. The largest absolute Gasteiger partial charge is 0.318 e. The van der Waals surface area contributed by atoms with Crippen molar-refractivity contribution >= 4 is 44.6 Å². The molecule has 0 aliphatic rings. The Morgan fingerprint density at radius 1 is 1.12 bits per heavy atom. The maximum absolute atomic E-state index is 13.3. The second kappa shape index (κ2) is 9.65. The zero-order valence-corrected chi connectivity index (χ0v) is 21.5. The van der Waals surface area contributed by atoms with Gasteiger partial charge < -0.3 is 4.57 Å². The van der Waals surface area contributed by atoms with E-state index in [2.05, 4.69) is 52.4 Å². The van der Waals surface area contributed by atoms with Crippen LogP contribution in [0.1, 0.15) is 48.1 Å². The van der Waals surface area contributed by atoms with Gasteiger partial charge in [-0.15, -0.1) is 0 Å². The number of benzene rings is 2. The Kier molecular flexibility index (Phi) is 6.86. The van der Waals surface area contributed by atoms with Gasteiger partial charge in [0.2, 0.25) is 0 Å². The van der Waals surface area contributed by atoms with E-state index in [-0.39, 0.29) is 5.56 Å². The highest BCUT2D eigenvalue weighted by Crippen LogP contribution is 2.25. The normalized spacial score (nSPS) is 11.7. The molecule has 170 valence electrons. The molecule has 0 aliphatic heterocycles. The van der Waals surface area contributed by atoms with Crippen LogP contribution in [-0.2, 0) is 6.42 Å². The maximum atomic E-state index is 13.3. The van der Waals surface area contributed by atoms with Gasteiger partial charge in [-0.05, 0) is 69.2 Å². The van der Waals surface area contributed by atoms with Crippen molar-refractivity contribution in [2.75, 3.05) is 0 Å². The van der Waals surface area contributed by atoms with E-state index in [1.807, 2.05) is 37.3 Å². The van der Waals surface area contributed by atoms with Crippen molar-refractivity contribution in [2.45, 2.75) is 47.0 Å². The number of rotatable bonds is 6. The summed E-state index contributed by atoms with van der Waals surface area (Å²) < 4.78 is 4.45. The van der Waals surface area contributed by atoms with E-state index in [1.54, 1.807) is 12.3 Å². The van der Waals surface area contributed by atoms with Crippen LogP contribution in [0.25, 0.3) is 16.6 Å². The van der Waals surface area contributed by atoms with Gasteiger partial charge in [-0.2, -0.15) is 9.78 Å². The van der Waals surface area contributed by atoms with Gasteiger partial charge in [0.1, 0.15) is 5.82 Å². The van der Waals surface area contributed by atoms with Crippen LogP contribution in [0.15, 0.2) is 56.8 Å². The van der Waals surface area contributed by atoms with Crippen molar-refractivity contribution in [3.8, 4) is 5.69 Å². The second-order valence-corrected chi connectivity index (χ2v) is 9.60. The van der Waals surface area contributed by atoms with Gasteiger partial charge in [-0.3, -0.25) is 4.79 Å². The summed E-state index contributed by atoms with van der Waals surface area (Å²) in [7, 11) is 0. The van der Waals surface area contributed by atoms with Crippen molar-refractivity contribution < 1.29 is 0 Å². The van der Waals surface area contributed by atoms with Crippen LogP contribution in [0.4, 0.5) is 0 Å². The highest BCUT2D eigenvalue weighted by atomic mass is 79.9. The molecule has 2 heterocycles. The fourth-order valence-electron chi connectivity index (χ4n) is 4.04. The number of nitrogens with zero attached hydrogens (tertiary/aromatic N) is 4. The number of unbranched alkanes of at least 4 members (excludes halogenated alkanes) is 1. The predicted octanol–water partition coefficient (Wildman–Crippen LogP) is 6.75. The standard InChI is InChI=1S/C26H26BrClN4O/c1-5-6-7-25-30-23-11-9-20(27)13-22(23)26(33)32(25)29-15-19-12-17(3)31(18(19)4)24-14-21(28)10-8-16(24)2/h8-15H,5-7H2,1-4H3. The minimum Gasteiger partial charge on any atom is -0.318 e. The average molecular weight is 526 g/mol. The third-order valence-electron chi connectivity index (χ3n) is 5.82. The third-order valence-corrected chi connectivity index (χ3v) is 6.55. The smallest absolute Gasteiger partial charge is 0.282 e. The molecule has 0 amide bonds. The molecule has 0 spiro atoms. The van der Waals surface area contributed by atoms with Gasteiger partial charge in [0, 0.05) is 38.6 Å². The van der Waals surface area contributed by atoms with Crippen LogP contribution >= 0.6 is 27.5 Å². The van der Waals surface area contributed by atoms with Gasteiger partial charge in [-0.25, -0.2) is 4.98 Å². The van der Waals surface area contributed by atoms with Gasteiger partial charge in [0.15, 0.2) is 0 Å². The van der Waals surface area contributed by atoms with Crippen LogP contribution in [0.5, 0.6) is 0 Å². The first-order chi connectivity index (χ1) is 15.8. The van der Waals surface area contributed by atoms with E-state index in [0.717, 1.165) is 45.5 Å². The van der Waals surface area contributed by atoms with Gasteiger partial charge >= 0.3 is 0 Å². The Balaban J connectivity index is 1.82. The zero-order chi connectivity index (χ0) is 23.7. The number of hydrogen-bond acceptors (Lipinski definition) is 3. The summed E-state index contributed by atoms with van der Waals surface area (Å²) in [4.78, 5) is 18.1. The van der Waals surface area contributed by atoms with Gasteiger partial charge in [0.25, 0.3) is 5.56 Å². The summed E-state index contributed by atoms with van der Waals surface area (Å²) in [5, 5.41) is 5.86. The molecule has 0 atom stereocenters. The third kappa shape index (κ3) is 4.68. The SMILES string of the molecule is CCCCc1nc2ccc(Br)cc2c(=O)n1N=Cc1cc(C)n(-c2cc(Cl)ccc2C)c1C. The number of halogens is 2. The first-order valence-electron chi connectivity index (χ1n) is 11.0. The van der Waals surface area contributed by atoms with Gasteiger partial charge in [0.05, 0.1) is 17.1 Å². The highest BCUT2D eigenvalue weighted by Gasteiger charge is 2.14. The molecule has 2 aromatic carbocycles. The van der Waals surface area contributed by atoms with Crippen LogP contribution < -0.4 is 5.56 Å². The van der Waals surface area contributed by atoms with E-state index in [1.165, 1.54) is 4.68 Å². The first-order valence-corrected chi connectivity index (χ1v) is 12.2. The molecule has 33 heavy (non-hydrogen) atoms. The fourth-order valence-corrected chi connectivity index (χ4v) is 4.57. The lowest BCUT2D eigenvalue weighted by atomic mass is 10.2. The van der Waals surface area contributed by atoms with Crippen molar-refractivity contribution in [3.05, 3.63) is 90.7 Å². The topological polar surface area (TPSA) is 52.2 Å². The van der Waals surface area contributed by atoms with Crippen molar-refractivity contribution in [3.63, 3.8) is 0 Å². The lowest BCUT2D eigenvalue weighted by Crippen LogP contribution is -2.22. The molecule has 2 aromatic heterocycles. The predicted molar refractivity (Wildman–Crippen MR) is 140 cm³/mol. The molecule has 0 saturated carbocycles. The van der Waals surface area contributed by atoms with Crippen LogP contribution in [0.2, 0.25) is 5.02 Å². The molecule has 7 heteroatoms. The van der Waals surface area contributed by atoms with E-state index < -0.39 is 0 Å². The summed E-state index contributed by atoms with van der Waals surface area (Å²) in [6.07, 6.45) is 4.39.